The number of rotatable bonds is 3. The summed E-state index contributed by atoms with van der Waals surface area (Å²) in [4.78, 5) is 2.44. The minimum absolute atomic E-state index is 0.881. The predicted molar refractivity (Wildman–Crippen MR) is 77.9 cm³/mol. The smallest absolute Gasteiger partial charge is 0.0594 e. The highest BCUT2D eigenvalue weighted by Gasteiger charge is 2.09. The lowest BCUT2D eigenvalue weighted by atomic mass is 10.1. The summed E-state index contributed by atoms with van der Waals surface area (Å²) in [5, 5.41) is 0. The monoisotopic (exact) mass is 249 g/mol. The van der Waals surface area contributed by atoms with Crippen molar-refractivity contribution in [2.24, 2.45) is 0 Å². The second kappa shape index (κ2) is 9.12. The summed E-state index contributed by atoms with van der Waals surface area (Å²) in [5.74, 6) is 0. The van der Waals surface area contributed by atoms with Gasteiger partial charge in [0.15, 0.2) is 0 Å². The maximum atomic E-state index is 5.31. The van der Waals surface area contributed by atoms with Crippen LogP contribution in [-0.2, 0) is 11.3 Å². The summed E-state index contributed by atoms with van der Waals surface area (Å²) >= 11 is 0. The van der Waals surface area contributed by atoms with E-state index in [1.807, 2.05) is 0 Å². The average molecular weight is 249 g/mol. The van der Waals surface area contributed by atoms with E-state index in [0.29, 0.717) is 0 Å². The van der Waals surface area contributed by atoms with Crippen molar-refractivity contribution < 1.29 is 4.74 Å². The summed E-state index contributed by atoms with van der Waals surface area (Å²) in [5.41, 5.74) is 2.73. The molecule has 102 valence electrons. The van der Waals surface area contributed by atoms with Crippen molar-refractivity contribution in [1.29, 1.82) is 0 Å². The third kappa shape index (κ3) is 6.18. The zero-order chi connectivity index (χ0) is 13.2. The normalized spacial score (nSPS) is 15.9. The first-order valence-electron chi connectivity index (χ1n) is 7.12. The van der Waals surface area contributed by atoms with Gasteiger partial charge in [-0.25, -0.2) is 0 Å². The van der Waals surface area contributed by atoms with Crippen LogP contribution in [0, 0.1) is 6.92 Å². The van der Waals surface area contributed by atoms with Gasteiger partial charge in [-0.05, 0) is 12.5 Å². The zero-order valence-corrected chi connectivity index (χ0v) is 12.1. The van der Waals surface area contributed by atoms with Gasteiger partial charge in [0.25, 0.3) is 0 Å². The van der Waals surface area contributed by atoms with Gasteiger partial charge in [-0.1, -0.05) is 56.5 Å². The minimum Gasteiger partial charge on any atom is -0.379 e. The Labute approximate surface area is 112 Å². The molecule has 0 spiro atoms. The van der Waals surface area contributed by atoms with Crippen molar-refractivity contribution in [3.05, 3.63) is 35.4 Å². The first-order chi connectivity index (χ1) is 8.76. The van der Waals surface area contributed by atoms with E-state index in [0.717, 1.165) is 32.8 Å². The molecule has 2 nitrogen and oxygen atoms in total. The molecule has 0 bridgehead atoms. The summed E-state index contributed by atoms with van der Waals surface area (Å²) in [6.07, 6.45) is 2.64. The van der Waals surface area contributed by atoms with E-state index in [9.17, 15) is 0 Å². The molecule has 0 saturated carbocycles. The molecule has 0 unspecified atom stereocenters. The van der Waals surface area contributed by atoms with Gasteiger partial charge >= 0.3 is 0 Å². The average Bonchev–Trinajstić information content (AvgIpc) is 2.43. The van der Waals surface area contributed by atoms with Crippen LogP contribution in [0.25, 0.3) is 0 Å². The van der Waals surface area contributed by atoms with Crippen molar-refractivity contribution in [2.45, 2.75) is 40.2 Å². The Morgan fingerprint density at radius 2 is 1.56 bits per heavy atom. The zero-order valence-electron chi connectivity index (χ0n) is 12.1. The molecule has 0 amide bonds. The Morgan fingerprint density at radius 3 is 2.06 bits per heavy atom. The highest BCUT2D eigenvalue weighted by atomic mass is 16.5. The van der Waals surface area contributed by atoms with Crippen LogP contribution in [0.15, 0.2) is 24.3 Å². The third-order valence-electron chi connectivity index (χ3n) is 3.13. The van der Waals surface area contributed by atoms with Crippen molar-refractivity contribution >= 4 is 0 Å². The Hall–Kier alpha value is -0.860. The van der Waals surface area contributed by atoms with E-state index in [1.165, 1.54) is 24.0 Å². The van der Waals surface area contributed by atoms with E-state index < -0.39 is 0 Å². The fourth-order valence-corrected chi connectivity index (χ4v) is 1.71. The molecule has 0 N–H and O–H groups in total. The lowest BCUT2D eigenvalue weighted by molar-refractivity contribution is 0.0342. The van der Waals surface area contributed by atoms with Crippen LogP contribution in [0.3, 0.4) is 0 Å². The van der Waals surface area contributed by atoms with Gasteiger partial charge in [-0.2, -0.15) is 0 Å². The minimum atomic E-state index is 0.881. The fraction of sp³-hybridized carbons (Fsp3) is 0.625. The molecule has 1 aliphatic heterocycles. The number of hydrogen-bond acceptors (Lipinski definition) is 2. The molecule has 0 aliphatic carbocycles. The Bertz CT molecular complexity index is 299. The van der Waals surface area contributed by atoms with Crippen LogP contribution in [0.5, 0.6) is 0 Å². The maximum Gasteiger partial charge on any atom is 0.0594 e. The van der Waals surface area contributed by atoms with Gasteiger partial charge in [0.05, 0.1) is 13.2 Å². The van der Waals surface area contributed by atoms with Crippen molar-refractivity contribution in [3.63, 3.8) is 0 Å². The number of nitrogens with zero attached hydrogens (tertiary/aromatic N) is 1. The molecule has 18 heavy (non-hydrogen) atoms. The molecule has 0 atom stereocenters. The first-order valence-corrected chi connectivity index (χ1v) is 7.12. The number of benzene rings is 1. The largest absolute Gasteiger partial charge is 0.379 e. The summed E-state index contributed by atoms with van der Waals surface area (Å²) < 4.78 is 5.31. The quantitative estimate of drug-likeness (QED) is 0.811. The van der Waals surface area contributed by atoms with Gasteiger partial charge in [-0.15, -0.1) is 0 Å². The molecular weight excluding hydrogens is 222 g/mol. The van der Waals surface area contributed by atoms with Crippen LogP contribution in [0.1, 0.15) is 37.8 Å². The molecule has 1 aromatic rings. The molecule has 1 aromatic carbocycles. The second-order valence-electron chi connectivity index (χ2n) is 4.87. The van der Waals surface area contributed by atoms with Crippen LogP contribution in [0.4, 0.5) is 0 Å². The van der Waals surface area contributed by atoms with E-state index >= 15 is 0 Å². The maximum absolute atomic E-state index is 5.31. The molecule has 0 radical (unpaired) electrons. The van der Waals surface area contributed by atoms with E-state index in [1.54, 1.807) is 0 Å². The highest BCUT2D eigenvalue weighted by molar-refractivity contribution is 5.21. The summed E-state index contributed by atoms with van der Waals surface area (Å²) in [7, 11) is 0. The molecule has 2 rings (SSSR count). The van der Waals surface area contributed by atoms with Gasteiger partial charge < -0.3 is 4.74 Å². The Kier molecular flexibility index (Phi) is 7.70. The van der Waals surface area contributed by atoms with Gasteiger partial charge in [0, 0.05) is 19.6 Å². The Balaban J connectivity index is 0.000000357. The van der Waals surface area contributed by atoms with Crippen LogP contribution in [0.2, 0.25) is 0 Å². The van der Waals surface area contributed by atoms with Crippen molar-refractivity contribution in [1.82, 2.24) is 4.90 Å². The van der Waals surface area contributed by atoms with E-state index in [2.05, 4.69) is 49.9 Å². The second-order valence-corrected chi connectivity index (χ2v) is 4.87. The topological polar surface area (TPSA) is 12.5 Å². The third-order valence-corrected chi connectivity index (χ3v) is 3.13. The van der Waals surface area contributed by atoms with Crippen LogP contribution in [-0.4, -0.2) is 31.2 Å². The van der Waals surface area contributed by atoms with Crippen LogP contribution < -0.4 is 0 Å². The highest BCUT2D eigenvalue weighted by Crippen LogP contribution is 2.08. The van der Waals surface area contributed by atoms with E-state index in [-0.39, 0.29) is 0 Å². The summed E-state index contributed by atoms with van der Waals surface area (Å²) in [6, 6.07) is 8.78. The SMILES string of the molecule is CCCC.Cc1ccc(CN2CCOCC2)cc1. The number of morpholine rings is 1. The Morgan fingerprint density at radius 1 is 1.00 bits per heavy atom. The van der Waals surface area contributed by atoms with E-state index in [4.69, 9.17) is 4.74 Å². The van der Waals surface area contributed by atoms with Crippen LogP contribution >= 0.6 is 0 Å². The number of ether oxygens (including phenoxy) is 1. The van der Waals surface area contributed by atoms with Gasteiger partial charge in [-0.3, -0.25) is 4.90 Å². The van der Waals surface area contributed by atoms with Gasteiger partial charge in [0.1, 0.15) is 0 Å². The number of aryl methyl sites for hydroxylation is 1. The standard InChI is InChI=1S/C12H17NO.C4H10/c1-11-2-4-12(5-3-11)10-13-6-8-14-9-7-13;1-3-4-2/h2-5H,6-10H2,1H3;3-4H2,1-2H3. The molecule has 1 heterocycles. The predicted octanol–water partition coefficient (Wildman–Crippen LogP) is 3.63. The molecule has 0 aromatic heterocycles. The van der Waals surface area contributed by atoms with Crippen molar-refractivity contribution in [3.8, 4) is 0 Å². The molecular formula is C16H27NO. The molecule has 2 heteroatoms. The molecule has 1 aliphatic rings. The lowest BCUT2D eigenvalue weighted by Crippen LogP contribution is -2.35. The number of unbranched alkanes of at least 4 members (excludes halogenated alkanes) is 1. The molecule has 1 saturated heterocycles. The first kappa shape index (κ1) is 15.2. The van der Waals surface area contributed by atoms with Crippen molar-refractivity contribution in [2.75, 3.05) is 26.3 Å². The van der Waals surface area contributed by atoms with Gasteiger partial charge in [0.2, 0.25) is 0 Å². The fourth-order valence-electron chi connectivity index (χ4n) is 1.71. The molecule has 1 fully saturated rings. The lowest BCUT2D eigenvalue weighted by Gasteiger charge is -2.26. The summed E-state index contributed by atoms with van der Waals surface area (Å²) in [6.45, 7) is 11.4. The number of hydrogen-bond donors (Lipinski definition) is 0.